The number of thiophene rings is 1. The van der Waals surface area contributed by atoms with Crippen molar-refractivity contribution in [2.24, 2.45) is 0 Å². The van der Waals surface area contributed by atoms with Crippen LogP contribution in [0.25, 0.3) is 10.7 Å². The van der Waals surface area contributed by atoms with Crippen LogP contribution in [-0.4, -0.2) is 30.7 Å². The summed E-state index contributed by atoms with van der Waals surface area (Å²) in [6.07, 6.45) is 3.74. The summed E-state index contributed by atoms with van der Waals surface area (Å²) in [5.41, 5.74) is 0. The van der Waals surface area contributed by atoms with Gasteiger partial charge in [-0.3, -0.25) is 9.78 Å². The van der Waals surface area contributed by atoms with Gasteiger partial charge in [0.25, 0.3) is 0 Å². The van der Waals surface area contributed by atoms with Crippen molar-refractivity contribution < 1.29 is 0 Å². The number of aromatic amines is 1. The van der Waals surface area contributed by atoms with Crippen molar-refractivity contribution >= 4 is 23.1 Å². The molecule has 0 aliphatic heterocycles. The monoisotopic (exact) mass is 277 g/mol. The van der Waals surface area contributed by atoms with E-state index in [-0.39, 0.29) is 0 Å². The molecule has 0 saturated carbocycles. The third-order valence-electron chi connectivity index (χ3n) is 2.33. The predicted octanol–water partition coefficient (Wildman–Crippen LogP) is 2.52. The van der Waals surface area contributed by atoms with Gasteiger partial charge in [0.05, 0.1) is 11.4 Å². The molecular weight excluding hydrogens is 266 g/mol. The highest BCUT2D eigenvalue weighted by atomic mass is 32.2. The molecule has 0 saturated heterocycles. The van der Waals surface area contributed by atoms with Crippen LogP contribution in [0.3, 0.4) is 0 Å². The van der Waals surface area contributed by atoms with E-state index in [0.29, 0.717) is 0 Å². The molecule has 92 valence electrons. The minimum atomic E-state index is 0.783. The largest absolute Gasteiger partial charge is 0.272 e. The van der Waals surface area contributed by atoms with Crippen molar-refractivity contribution in [3.63, 3.8) is 0 Å². The standard InChI is InChI=1S/C11H11N5S2/c1-3-9(17-7-1)10-13-11(15-14-10)18-8-6-16-5-2-4-12-16/h1-5,7H,6,8H2,(H,13,14,15). The second-order valence-electron chi connectivity index (χ2n) is 3.56. The van der Waals surface area contributed by atoms with Crippen molar-refractivity contribution in [2.45, 2.75) is 11.7 Å². The van der Waals surface area contributed by atoms with Crippen molar-refractivity contribution in [1.29, 1.82) is 0 Å². The maximum Gasteiger partial charge on any atom is 0.208 e. The van der Waals surface area contributed by atoms with Crippen LogP contribution < -0.4 is 0 Å². The molecule has 0 fully saturated rings. The minimum Gasteiger partial charge on any atom is -0.272 e. The maximum absolute atomic E-state index is 4.45. The molecule has 3 aromatic rings. The Balaban J connectivity index is 1.57. The van der Waals surface area contributed by atoms with Crippen molar-refractivity contribution in [3.8, 4) is 10.7 Å². The predicted molar refractivity (Wildman–Crippen MR) is 72.6 cm³/mol. The average Bonchev–Trinajstić information content (AvgIpc) is 3.12. The van der Waals surface area contributed by atoms with E-state index in [1.807, 2.05) is 34.5 Å². The summed E-state index contributed by atoms with van der Waals surface area (Å²) in [4.78, 5) is 5.56. The lowest BCUT2D eigenvalue weighted by atomic mass is 10.4. The van der Waals surface area contributed by atoms with E-state index in [0.717, 1.165) is 28.2 Å². The normalized spacial score (nSPS) is 10.9. The smallest absolute Gasteiger partial charge is 0.208 e. The molecule has 0 amide bonds. The fourth-order valence-corrected chi connectivity index (χ4v) is 2.89. The topological polar surface area (TPSA) is 59.4 Å². The molecule has 0 unspecified atom stereocenters. The third-order valence-corrected chi connectivity index (χ3v) is 4.03. The van der Waals surface area contributed by atoms with E-state index in [1.54, 1.807) is 29.3 Å². The van der Waals surface area contributed by atoms with Crippen LogP contribution in [0.2, 0.25) is 0 Å². The van der Waals surface area contributed by atoms with E-state index < -0.39 is 0 Å². The van der Waals surface area contributed by atoms with Crippen molar-refractivity contribution in [1.82, 2.24) is 25.0 Å². The Morgan fingerprint density at radius 3 is 3.17 bits per heavy atom. The SMILES string of the molecule is c1csc(-c2nc(SCCn3cccn3)n[nH]2)c1. The second kappa shape index (κ2) is 5.36. The zero-order valence-corrected chi connectivity index (χ0v) is 11.1. The number of hydrogen-bond acceptors (Lipinski definition) is 5. The van der Waals surface area contributed by atoms with Crippen LogP contribution in [0.1, 0.15) is 0 Å². The van der Waals surface area contributed by atoms with Gasteiger partial charge in [0, 0.05) is 18.1 Å². The molecule has 3 rings (SSSR count). The van der Waals surface area contributed by atoms with Gasteiger partial charge < -0.3 is 0 Å². The zero-order valence-electron chi connectivity index (χ0n) is 9.48. The molecule has 18 heavy (non-hydrogen) atoms. The van der Waals surface area contributed by atoms with Crippen LogP contribution in [0, 0.1) is 0 Å². The number of nitrogens with zero attached hydrogens (tertiary/aromatic N) is 4. The Hall–Kier alpha value is -1.60. The van der Waals surface area contributed by atoms with Crippen molar-refractivity contribution in [3.05, 3.63) is 36.0 Å². The van der Waals surface area contributed by atoms with Gasteiger partial charge in [-0.1, -0.05) is 17.8 Å². The zero-order chi connectivity index (χ0) is 12.2. The molecule has 0 aliphatic carbocycles. The summed E-state index contributed by atoms with van der Waals surface area (Å²) >= 11 is 3.28. The van der Waals surface area contributed by atoms with Gasteiger partial charge >= 0.3 is 0 Å². The molecule has 0 aliphatic rings. The number of aryl methyl sites for hydroxylation is 1. The molecule has 0 bridgehead atoms. The maximum atomic E-state index is 4.45. The first-order valence-electron chi connectivity index (χ1n) is 5.48. The van der Waals surface area contributed by atoms with E-state index in [4.69, 9.17) is 0 Å². The summed E-state index contributed by atoms with van der Waals surface area (Å²) in [7, 11) is 0. The lowest BCUT2D eigenvalue weighted by Gasteiger charge is -1.97. The van der Waals surface area contributed by atoms with Gasteiger partial charge in [0.15, 0.2) is 5.82 Å². The van der Waals surface area contributed by atoms with Crippen LogP contribution >= 0.6 is 23.1 Å². The summed E-state index contributed by atoms with van der Waals surface area (Å²) in [5.74, 6) is 1.75. The number of H-pyrrole nitrogens is 1. The first-order valence-corrected chi connectivity index (χ1v) is 7.35. The molecule has 0 spiro atoms. The first-order chi connectivity index (χ1) is 8.92. The lowest BCUT2D eigenvalue weighted by molar-refractivity contribution is 0.666. The Kier molecular flexibility index (Phi) is 3.42. The number of aromatic nitrogens is 5. The van der Waals surface area contributed by atoms with E-state index >= 15 is 0 Å². The van der Waals surface area contributed by atoms with Crippen molar-refractivity contribution in [2.75, 3.05) is 5.75 Å². The summed E-state index contributed by atoms with van der Waals surface area (Å²) in [5, 5.41) is 14.1. The van der Waals surface area contributed by atoms with E-state index in [1.165, 1.54) is 0 Å². The Labute approximate surface area is 112 Å². The molecule has 0 radical (unpaired) electrons. The van der Waals surface area contributed by atoms with Gasteiger partial charge in [-0.05, 0) is 17.5 Å². The number of hydrogen-bond donors (Lipinski definition) is 1. The number of rotatable bonds is 5. The first kappa shape index (κ1) is 11.5. The van der Waals surface area contributed by atoms with Crippen LogP contribution in [-0.2, 0) is 6.54 Å². The highest BCUT2D eigenvalue weighted by Gasteiger charge is 2.06. The number of thioether (sulfide) groups is 1. The summed E-state index contributed by atoms with van der Waals surface area (Å²) < 4.78 is 1.90. The quantitative estimate of drug-likeness (QED) is 0.728. The summed E-state index contributed by atoms with van der Waals surface area (Å²) in [6, 6.07) is 5.96. The molecule has 0 atom stereocenters. The molecule has 5 nitrogen and oxygen atoms in total. The Morgan fingerprint density at radius 1 is 1.39 bits per heavy atom. The molecule has 0 aromatic carbocycles. The molecular formula is C11H11N5S2. The fourth-order valence-electron chi connectivity index (χ4n) is 1.50. The fraction of sp³-hybridized carbons (Fsp3) is 0.182. The lowest BCUT2D eigenvalue weighted by Crippen LogP contribution is -2.00. The van der Waals surface area contributed by atoms with E-state index in [9.17, 15) is 0 Å². The minimum absolute atomic E-state index is 0.783. The van der Waals surface area contributed by atoms with Crippen LogP contribution in [0.15, 0.2) is 41.1 Å². The van der Waals surface area contributed by atoms with E-state index in [2.05, 4.69) is 20.3 Å². The Morgan fingerprint density at radius 2 is 2.39 bits per heavy atom. The average molecular weight is 277 g/mol. The highest BCUT2D eigenvalue weighted by Crippen LogP contribution is 2.23. The van der Waals surface area contributed by atoms with Gasteiger partial charge in [0.1, 0.15) is 0 Å². The summed E-state index contributed by atoms with van der Waals surface area (Å²) in [6.45, 7) is 0.862. The van der Waals surface area contributed by atoms with Crippen LogP contribution in [0.4, 0.5) is 0 Å². The third kappa shape index (κ3) is 2.62. The number of nitrogens with one attached hydrogen (secondary N) is 1. The van der Waals surface area contributed by atoms with Crippen LogP contribution in [0.5, 0.6) is 0 Å². The molecule has 1 N–H and O–H groups in total. The van der Waals surface area contributed by atoms with Gasteiger partial charge in [-0.25, -0.2) is 4.98 Å². The molecule has 3 aromatic heterocycles. The molecule has 3 heterocycles. The van der Waals surface area contributed by atoms with Gasteiger partial charge in [0.2, 0.25) is 5.16 Å². The highest BCUT2D eigenvalue weighted by molar-refractivity contribution is 7.99. The second-order valence-corrected chi connectivity index (χ2v) is 5.57. The van der Waals surface area contributed by atoms with Gasteiger partial charge in [-0.2, -0.15) is 5.10 Å². The van der Waals surface area contributed by atoms with Gasteiger partial charge in [-0.15, -0.1) is 16.4 Å². The Bertz CT molecular complexity index is 585. The molecule has 7 heteroatoms.